The summed E-state index contributed by atoms with van der Waals surface area (Å²) in [5.41, 5.74) is 0. The molecule has 1 N–H and O–H groups in total. The Bertz CT molecular complexity index is 210. The predicted octanol–water partition coefficient (Wildman–Crippen LogP) is 0.969. The normalized spacial score (nSPS) is 23.2. The van der Waals surface area contributed by atoms with Gasteiger partial charge >= 0.3 is 6.03 Å². The maximum Gasteiger partial charge on any atom is 0.317 e. The fourth-order valence-electron chi connectivity index (χ4n) is 1.74. The van der Waals surface area contributed by atoms with E-state index in [9.17, 15) is 4.79 Å². The molecular formula is C10H18N2O2. The molecule has 80 valence electrons. The van der Waals surface area contributed by atoms with Crippen molar-refractivity contribution in [1.29, 1.82) is 0 Å². The Morgan fingerprint density at radius 3 is 2.50 bits per heavy atom. The summed E-state index contributed by atoms with van der Waals surface area (Å²) in [4.78, 5) is 13.5. The molecule has 14 heavy (non-hydrogen) atoms. The topological polar surface area (TPSA) is 41.6 Å². The molecule has 0 aromatic carbocycles. The Morgan fingerprint density at radius 2 is 1.93 bits per heavy atom. The highest BCUT2D eigenvalue weighted by atomic mass is 16.5. The monoisotopic (exact) mass is 198 g/mol. The third kappa shape index (κ3) is 2.38. The summed E-state index contributed by atoms with van der Waals surface area (Å²) < 4.78 is 5.26. The van der Waals surface area contributed by atoms with E-state index in [2.05, 4.69) is 5.32 Å². The van der Waals surface area contributed by atoms with Gasteiger partial charge in [0.25, 0.3) is 0 Å². The molecule has 2 aliphatic rings. The Labute approximate surface area is 84.6 Å². The number of rotatable bonds is 2. The quantitative estimate of drug-likeness (QED) is 0.718. The van der Waals surface area contributed by atoms with Crippen LogP contribution in [0, 0.1) is 0 Å². The first kappa shape index (κ1) is 9.77. The number of hydrogen-bond donors (Lipinski definition) is 1. The van der Waals surface area contributed by atoms with E-state index in [1.165, 1.54) is 0 Å². The summed E-state index contributed by atoms with van der Waals surface area (Å²) in [6.45, 7) is 1.57. The van der Waals surface area contributed by atoms with Gasteiger partial charge in [0.15, 0.2) is 0 Å². The molecule has 1 heterocycles. The van der Waals surface area contributed by atoms with Crippen LogP contribution in [0.5, 0.6) is 0 Å². The fraction of sp³-hybridized carbons (Fsp3) is 0.900. The predicted molar refractivity (Wildman–Crippen MR) is 53.2 cm³/mol. The van der Waals surface area contributed by atoms with Gasteiger partial charge in [0.2, 0.25) is 0 Å². The maximum atomic E-state index is 11.7. The highest BCUT2D eigenvalue weighted by molar-refractivity contribution is 5.74. The van der Waals surface area contributed by atoms with Gasteiger partial charge in [-0.2, -0.15) is 0 Å². The zero-order valence-electron chi connectivity index (χ0n) is 8.66. The molecule has 2 rings (SSSR count). The number of urea groups is 1. The van der Waals surface area contributed by atoms with Crippen LogP contribution in [0.25, 0.3) is 0 Å². The molecule has 1 saturated heterocycles. The van der Waals surface area contributed by atoms with Crippen LogP contribution < -0.4 is 5.32 Å². The number of nitrogens with zero attached hydrogens (tertiary/aromatic N) is 1. The summed E-state index contributed by atoms with van der Waals surface area (Å²) in [7, 11) is 1.88. The zero-order chi connectivity index (χ0) is 9.97. The number of ether oxygens (including phenoxy) is 1. The summed E-state index contributed by atoms with van der Waals surface area (Å²) in [5, 5.41) is 3.00. The van der Waals surface area contributed by atoms with Gasteiger partial charge in [-0.3, -0.25) is 0 Å². The van der Waals surface area contributed by atoms with Gasteiger partial charge < -0.3 is 15.0 Å². The lowest BCUT2D eigenvalue weighted by molar-refractivity contribution is 0.0525. The summed E-state index contributed by atoms with van der Waals surface area (Å²) in [6, 6.07) is 0.895. The molecule has 2 amide bonds. The van der Waals surface area contributed by atoms with Crippen LogP contribution in [0.15, 0.2) is 0 Å². The minimum absolute atomic E-state index is 0.0828. The fourth-order valence-corrected chi connectivity index (χ4v) is 1.74. The molecule has 4 nitrogen and oxygen atoms in total. The van der Waals surface area contributed by atoms with Crippen LogP contribution in [-0.4, -0.2) is 43.3 Å². The highest BCUT2D eigenvalue weighted by Crippen LogP contribution is 2.20. The third-order valence-corrected chi connectivity index (χ3v) is 2.96. The molecule has 0 unspecified atom stereocenters. The van der Waals surface area contributed by atoms with Crippen LogP contribution in [0.4, 0.5) is 4.79 Å². The highest BCUT2D eigenvalue weighted by Gasteiger charge is 2.28. The number of hydrogen-bond acceptors (Lipinski definition) is 2. The van der Waals surface area contributed by atoms with Gasteiger partial charge in [0.1, 0.15) is 0 Å². The molecule has 0 aromatic rings. The Hall–Kier alpha value is -0.770. The van der Waals surface area contributed by atoms with E-state index >= 15 is 0 Å². The molecule has 0 atom stereocenters. The standard InChI is InChI=1S/C10H18N2O2/c1-12(9-4-6-14-7-5-9)10(13)11-8-2-3-8/h8-9H,2-7H2,1H3,(H,11,13). The number of nitrogens with one attached hydrogen (secondary N) is 1. The van der Waals surface area contributed by atoms with Crippen LogP contribution in [-0.2, 0) is 4.74 Å². The van der Waals surface area contributed by atoms with E-state index < -0.39 is 0 Å². The van der Waals surface area contributed by atoms with Gasteiger partial charge in [0, 0.05) is 32.3 Å². The molecule has 1 aliphatic carbocycles. The van der Waals surface area contributed by atoms with Crippen LogP contribution >= 0.6 is 0 Å². The van der Waals surface area contributed by atoms with Crippen LogP contribution in [0.1, 0.15) is 25.7 Å². The van der Waals surface area contributed by atoms with Crippen molar-refractivity contribution in [2.45, 2.75) is 37.8 Å². The summed E-state index contributed by atoms with van der Waals surface area (Å²) >= 11 is 0. The zero-order valence-corrected chi connectivity index (χ0v) is 8.66. The molecule has 0 spiro atoms. The molecule has 2 fully saturated rings. The van der Waals surface area contributed by atoms with E-state index in [1.807, 2.05) is 11.9 Å². The SMILES string of the molecule is CN(C(=O)NC1CC1)C1CCOCC1. The van der Waals surface area contributed by atoms with E-state index in [-0.39, 0.29) is 6.03 Å². The molecule has 0 radical (unpaired) electrons. The van der Waals surface area contributed by atoms with Gasteiger partial charge in [-0.05, 0) is 25.7 Å². The molecular weight excluding hydrogens is 180 g/mol. The second kappa shape index (κ2) is 4.17. The molecule has 1 aliphatic heterocycles. The summed E-state index contributed by atoms with van der Waals surface area (Å²) in [6.07, 6.45) is 4.23. The lowest BCUT2D eigenvalue weighted by Gasteiger charge is -2.31. The van der Waals surface area contributed by atoms with E-state index in [0.717, 1.165) is 38.9 Å². The molecule has 4 heteroatoms. The van der Waals surface area contributed by atoms with Crippen molar-refractivity contribution in [2.24, 2.45) is 0 Å². The van der Waals surface area contributed by atoms with Crippen molar-refractivity contribution in [3.63, 3.8) is 0 Å². The van der Waals surface area contributed by atoms with Gasteiger partial charge in [-0.15, -0.1) is 0 Å². The third-order valence-electron chi connectivity index (χ3n) is 2.96. The van der Waals surface area contributed by atoms with Gasteiger partial charge in [-0.1, -0.05) is 0 Å². The van der Waals surface area contributed by atoms with Crippen molar-refractivity contribution < 1.29 is 9.53 Å². The molecule has 0 aromatic heterocycles. The second-order valence-corrected chi connectivity index (χ2v) is 4.18. The van der Waals surface area contributed by atoms with Gasteiger partial charge in [-0.25, -0.2) is 4.79 Å². The van der Waals surface area contributed by atoms with Gasteiger partial charge in [0.05, 0.1) is 0 Å². The first-order chi connectivity index (χ1) is 6.77. The molecule has 1 saturated carbocycles. The average Bonchev–Trinajstić information content (AvgIpc) is 3.02. The largest absolute Gasteiger partial charge is 0.381 e. The minimum atomic E-state index is 0.0828. The van der Waals surface area contributed by atoms with E-state index in [0.29, 0.717) is 12.1 Å². The van der Waals surface area contributed by atoms with Crippen LogP contribution in [0.2, 0.25) is 0 Å². The first-order valence-electron chi connectivity index (χ1n) is 5.38. The summed E-state index contributed by atoms with van der Waals surface area (Å²) in [5.74, 6) is 0. The van der Waals surface area contributed by atoms with E-state index in [1.54, 1.807) is 0 Å². The lowest BCUT2D eigenvalue weighted by Crippen LogP contribution is -2.46. The Balaban J connectivity index is 1.78. The van der Waals surface area contributed by atoms with Crippen molar-refractivity contribution in [3.8, 4) is 0 Å². The Morgan fingerprint density at radius 1 is 1.29 bits per heavy atom. The minimum Gasteiger partial charge on any atom is -0.381 e. The smallest absolute Gasteiger partial charge is 0.317 e. The Kier molecular flexibility index (Phi) is 2.91. The number of amides is 2. The van der Waals surface area contributed by atoms with Crippen molar-refractivity contribution in [2.75, 3.05) is 20.3 Å². The van der Waals surface area contributed by atoms with Crippen molar-refractivity contribution in [1.82, 2.24) is 10.2 Å². The average molecular weight is 198 g/mol. The van der Waals surface area contributed by atoms with Crippen LogP contribution in [0.3, 0.4) is 0 Å². The lowest BCUT2D eigenvalue weighted by atomic mass is 10.1. The van der Waals surface area contributed by atoms with Crippen molar-refractivity contribution in [3.05, 3.63) is 0 Å². The van der Waals surface area contributed by atoms with E-state index in [4.69, 9.17) is 4.74 Å². The first-order valence-corrected chi connectivity index (χ1v) is 5.38. The maximum absolute atomic E-state index is 11.7. The second-order valence-electron chi connectivity index (χ2n) is 4.18. The number of carbonyl (C=O) groups is 1. The van der Waals surface area contributed by atoms with Crippen molar-refractivity contribution >= 4 is 6.03 Å². The molecule has 0 bridgehead atoms. The number of carbonyl (C=O) groups excluding carboxylic acids is 1.